The van der Waals surface area contributed by atoms with Gasteiger partial charge in [0.15, 0.2) is 5.88 Å². The maximum absolute atomic E-state index is 12.6. The molecule has 0 fully saturated rings. The second kappa shape index (κ2) is 9.47. The van der Waals surface area contributed by atoms with E-state index in [1.807, 2.05) is 13.8 Å². The Labute approximate surface area is 164 Å². The highest BCUT2D eigenvalue weighted by molar-refractivity contribution is 7.84. The van der Waals surface area contributed by atoms with Crippen LogP contribution in [0.3, 0.4) is 0 Å². The Morgan fingerprint density at radius 3 is 2.25 bits per heavy atom. The minimum absolute atomic E-state index is 0.180. The summed E-state index contributed by atoms with van der Waals surface area (Å²) in [6, 6.07) is 5.95. The number of aromatic nitrogens is 2. The van der Waals surface area contributed by atoms with Crippen molar-refractivity contribution in [2.45, 2.75) is 46.1 Å². The maximum Gasteiger partial charge on any atom is 0.412 e. The Morgan fingerprint density at radius 2 is 1.75 bits per heavy atom. The molecule has 0 aliphatic heterocycles. The molecule has 2 rings (SSSR count). The molecule has 0 bridgehead atoms. The van der Waals surface area contributed by atoms with Crippen LogP contribution in [-0.4, -0.2) is 34.2 Å². The number of anilines is 1. The average Bonchev–Trinajstić information content (AvgIpc) is 2.58. The number of ether oxygens (including phenoxy) is 1. The van der Waals surface area contributed by atoms with Gasteiger partial charge in [0.25, 0.3) is 15.7 Å². The number of nitrogens with one attached hydrogen (secondary N) is 1. The number of amides is 1. The van der Waals surface area contributed by atoms with Crippen molar-refractivity contribution in [3.8, 4) is 11.3 Å². The molecule has 2 N–H and O–H groups in total. The summed E-state index contributed by atoms with van der Waals surface area (Å²) in [7, 11) is -4.50. The minimum Gasteiger partial charge on any atom is -0.444 e. The van der Waals surface area contributed by atoms with Crippen LogP contribution in [0, 0.1) is 0 Å². The average molecular weight is 411 g/mol. The molecule has 0 unspecified atom stereocenters. The van der Waals surface area contributed by atoms with Crippen LogP contribution < -0.4 is 10.9 Å². The van der Waals surface area contributed by atoms with Crippen LogP contribution in [0.4, 0.5) is 10.5 Å². The van der Waals surface area contributed by atoms with Crippen molar-refractivity contribution in [2.75, 3.05) is 5.32 Å². The monoisotopic (exact) mass is 411 g/mol. The molecule has 0 saturated carbocycles. The van der Waals surface area contributed by atoms with Crippen molar-refractivity contribution < 1.29 is 22.5 Å². The number of nitrogens with zero attached hydrogens (tertiary/aromatic N) is 2. The molecule has 0 atom stereocenters. The van der Waals surface area contributed by atoms with Gasteiger partial charge in [-0.1, -0.05) is 13.8 Å². The Hall–Kier alpha value is -2.72. The highest BCUT2D eigenvalue weighted by atomic mass is 32.2. The number of hydrogen-bond acceptors (Lipinski definition) is 6. The summed E-state index contributed by atoms with van der Waals surface area (Å²) in [4.78, 5) is 28.4. The van der Waals surface area contributed by atoms with Crippen LogP contribution in [0.5, 0.6) is 0 Å². The molecule has 2 aromatic heterocycles. The standard InChI is InChI=1S/C16H19N3O6S.C2H6/c1-16(2,3)25-15(21)18-12-4-5-13(11-6-8-17-9-7-11)19(14(12)20)10-26(22,23)24;1-2/h4-9H,10H2,1-3H3,(H,18,21)(H,22,23,24);1-2H3. The topological polar surface area (TPSA) is 128 Å². The molecule has 2 aromatic rings. The minimum atomic E-state index is -4.50. The predicted octanol–water partition coefficient (Wildman–Crippen LogP) is 3.13. The van der Waals surface area contributed by atoms with E-state index < -0.39 is 33.2 Å². The molecule has 0 saturated heterocycles. The number of rotatable bonds is 4. The van der Waals surface area contributed by atoms with Crippen molar-refractivity contribution in [3.05, 3.63) is 47.0 Å². The fourth-order valence-electron chi connectivity index (χ4n) is 2.15. The van der Waals surface area contributed by atoms with Crippen LogP contribution in [0.15, 0.2) is 41.5 Å². The van der Waals surface area contributed by atoms with E-state index in [9.17, 15) is 22.6 Å². The van der Waals surface area contributed by atoms with E-state index in [4.69, 9.17) is 4.74 Å². The predicted molar refractivity (Wildman–Crippen MR) is 107 cm³/mol. The summed E-state index contributed by atoms with van der Waals surface area (Å²) in [5.74, 6) is -0.965. The Kier molecular flexibility index (Phi) is 7.89. The Morgan fingerprint density at radius 1 is 1.18 bits per heavy atom. The van der Waals surface area contributed by atoms with Gasteiger partial charge in [0.05, 0.1) is 5.69 Å². The van der Waals surface area contributed by atoms with Crippen LogP contribution in [-0.2, 0) is 20.7 Å². The normalized spacial score (nSPS) is 11.2. The second-order valence-electron chi connectivity index (χ2n) is 6.44. The van der Waals surface area contributed by atoms with Gasteiger partial charge in [0, 0.05) is 18.0 Å². The van der Waals surface area contributed by atoms with Crippen molar-refractivity contribution in [3.63, 3.8) is 0 Å². The van der Waals surface area contributed by atoms with Crippen LogP contribution in [0.1, 0.15) is 34.6 Å². The van der Waals surface area contributed by atoms with Crippen molar-refractivity contribution in [1.82, 2.24) is 9.55 Å². The van der Waals surface area contributed by atoms with Gasteiger partial charge in [-0.3, -0.25) is 24.2 Å². The zero-order valence-electron chi connectivity index (χ0n) is 16.5. The number of pyridine rings is 2. The summed E-state index contributed by atoms with van der Waals surface area (Å²) < 4.78 is 37.8. The smallest absolute Gasteiger partial charge is 0.412 e. The molecular formula is C18H25N3O6S. The number of hydrogen-bond donors (Lipinski definition) is 2. The first-order valence-electron chi connectivity index (χ1n) is 8.56. The first-order valence-corrected chi connectivity index (χ1v) is 10.2. The molecule has 0 aliphatic rings. The molecule has 28 heavy (non-hydrogen) atoms. The zero-order valence-corrected chi connectivity index (χ0v) is 17.3. The van der Waals surface area contributed by atoms with Gasteiger partial charge in [0.1, 0.15) is 11.3 Å². The molecule has 9 nitrogen and oxygen atoms in total. The van der Waals surface area contributed by atoms with Gasteiger partial charge in [-0.15, -0.1) is 0 Å². The van der Waals surface area contributed by atoms with E-state index in [2.05, 4.69) is 10.3 Å². The highest BCUT2D eigenvalue weighted by Gasteiger charge is 2.20. The first kappa shape index (κ1) is 23.3. The van der Waals surface area contributed by atoms with Gasteiger partial charge in [0.2, 0.25) is 0 Å². The maximum atomic E-state index is 12.6. The van der Waals surface area contributed by atoms with Crippen LogP contribution in [0.25, 0.3) is 11.3 Å². The fourth-order valence-corrected chi connectivity index (χ4v) is 2.74. The first-order chi connectivity index (χ1) is 13.0. The lowest BCUT2D eigenvalue weighted by Gasteiger charge is -2.20. The summed E-state index contributed by atoms with van der Waals surface area (Å²) in [6.07, 6.45) is 2.10. The quantitative estimate of drug-likeness (QED) is 0.740. The number of carbonyl (C=O) groups excluding carboxylic acids is 1. The lowest BCUT2D eigenvalue weighted by molar-refractivity contribution is 0.0635. The van der Waals surface area contributed by atoms with Gasteiger partial charge in [-0.2, -0.15) is 8.42 Å². The summed E-state index contributed by atoms with van der Waals surface area (Å²) in [6.45, 7) is 8.99. The summed E-state index contributed by atoms with van der Waals surface area (Å²) in [5, 5.41) is 2.29. The fraction of sp³-hybridized carbons (Fsp3) is 0.389. The second-order valence-corrected chi connectivity index (χ2v) is 7.86. The van der Waals surface area contributed by atoms with E-state index in [0.29, 0.717) is 5.56 Å². The molecule has 154 valence electrons. The third kappa shape index (κ3) is 7.12. The van der Waals surface area contributed by atoms with Gasteiger partial charge in [-0.25, -0.2) is 4.79 Å². The van der Waals surface area contributed by atoms with E-state index in [0.717, 1.165) is 4.57 Å². The lowest BCUT2D eigenvalue weighted by Crippen LogP contribution is -2.32. The molecule has 10 heteroatoms. The van der Waals surface area contributed by atoms with E-state index in [-0.39, 0.29) is 11.4 Å². The van der Waals surface area contributed by atoms with Crippen molar-refractivity contribution >= 4 is 21.9 Å². The Balaban J connectivity index is 0.00000190. The van der Waals surface area contributed by atoms with E-state index >= 15 is 0 Å². The third-order valence-electron chi connectivity index (χ3n) is 3.08. The molecule has 0 aromatic carbocycles. The number of carbonyl (C=O) groups is 1. The highest BCUT2D eigenvalue weighted by Crippen LogP contribution is 2.19. The van der Waals surface area contributed by atoms with Crippen LogP contribution in [0.2, 0.25) is 0 Å². The van der Waals surface area contributed by atoms with Crippen LogP contribution >= 0.6 is 0 Å². The molecule has 1 amide bonds. The largest absolute Gasteiger partial charge is 0.444 e. The van der Waals surface area contributed by atoms with Crippen molar-refractivity contribution in [2.24, 2.45) is 0 Å². The zero-order chi connectivity index (χ0) is 21.5. The third-order valence-corrected chi connectivity index (χ3v) is 3.66. The SMILES string of the molecule is CC.CC(C)(C)OC(=O)Nc1ccc(-c2ccncc2)n(CS(=O)(=O)O)c1=O. The van der Waals surface area contributed by atoms with Gasteiger partial charge in [-0.05, 0) is 45.0 Å². The van der Waals surface area contributed by atoms with Gasteiger partial charge < -0.3 is 4.74 Å². The van der Waals surface area contributed by atoms with E-state index in [1.165, 1.54) is 24.5 Å². The summed E-state index contributed by atoms with van der Waals surface area (Å²) >= 11 is 0. The molecule has 0 aliphatic carbocycles. The molecule has 0 radical (unpaired) electrons. The molecular weight excluding hydrogens is 386 g/mol. The van der Waals surface area contributed by atoms with Gasteiger partial charge >= 0.3 is 6.09 Å². The summed E-state index contributed by atoms with van der Waals surface area (Å²) in [5.41, 5.74) is -0.994. The van der Waals surface area contributed by atoms with Crippen molar-refractivity contribution in [1.29, 1.82) is 0 Å². The molecule has 2 heterocycles. The lowest BCUT2D eigenvalue weighted by atomic mass is 10.1. The Bertz CT molecular complexity index is 963. The van der Waals surface area contributed by atoms with E-state index in [1.54, 1.807) is 32.9 Å². The molecule has 0 spiro atoms.